The largest absolute Gasteiger partial charge is 0.309 e. The van der Waals surface area contributed by atoms with Crippen molar-refractivity contribution in [3.05, 3.63) is 16.1 Å². The number of hydrogen-bond donors (Lipinski definition) is 1. The first-order chi connectivity index (χ1) is 7.83. The van der Waals surface area contributed by atoms with E-state index in [2.05, 4.69) is 23.4 Å². The Morgan fingerprint density at radius 3 is 2.88 bits per heavy atom. The molecule has 2 aliphatic carbocycles. The molecular formula is C13H20N2S. The molecule has 0 aliphatic heterocycles. The van der Waals surface area contributed by atoms with Crippen LogP contribution in [0.3, 0.4) is 0 Å². The molecule has 1 aromatic heterocycles. The van der Waals surface area contributed by atoms with Crippen molar-refractivity contribution in [3.8, 4) is 0 Å². The van der Waals surface area contributed by atoms with E-state index in [-0.39, 0.29) is 0 Å². The van der Waals surface area contributed by atoms with Crippen LogP contribution in [-0.4, -0.2) is 11.0 Å². The zero-order valence-corrected chi connectivity index (χ0v) is 10.7. The third-order valence-corrected chi connectivity index (χ3v) is 5.08. The second-order valence-electron chi connectivity index (χ2n) is 5.35. The second kappa shape index (κ2) is 4.46. The van der Waals surface area contributed by atoms with Crippen molar-refractivity contribution in [3.63, 3.8) is 0 Å². The molecular weight excluding hydrogens is 216 g/mol. The van der Waals surface area contributed by atoms with Gasteiger partial charge in [0, 0.05) is 29.6 Å². The molecule has 3 heteroatoms. The van der Waals surface area contributed by atoms with Crippen molar-refractivity contribution < 1.29 is 0 Å². The van der Waals surface area contributed by atoms with Crippen molar-refractivity contribution in [1.82, 2.24) is 10.3 Å². The number of thiazole rings is 1. The van der Waals surface area contributed by atoms with Crippen LogP contribution in [0.15, 0.2) is 6.20 Å². The summed E-state index contributed by atoms with van der Waals surface area (Å²) in [4.78, 5) is 6.01. The Hall–Kier alpha value is -0.410. The van der Waals surface area contributed by atoms with Crippen molar-refractivity contribution in [2.24, 2.45) is 5.92 Å². The molecule has 0 saturated heterocycles. The molecule has 0 aromatic carbocycles. The van der Waals surface area contributed by atoms with Gasteiger partial charge in [-0.25, -0.2) is 4.98 Å². The fourth-order valence-corrected chi connectivity index (χ4v) is 3.64. The monoisotopic (exact) mass is 236 g/mol. The molecule has 1 N–H and O–H groups in total. The number of aromatic nitrogens is 1. The van der Waals surface area contributed by atoms with Gasteiger partial charge in [-0.15, -0.1) is 11.3 Å². The van der Waals surface area contributed by atoms with Crippen LogP contribution in [0.2, 0.25) is 0 Å². The van der Waals surface area contributed by atoms with Crippen LogP contribution >= 0.6 is 11.3 Å². The molecule has 0 bridgehead atoms. The van der Waals surface area contributed by atoms with Crippen LogP contribution in [0.4, 0.5) is 0 Å². The fourth-order valence-electron chi connectivity index (χ4n) is 2.60. The van der Waals surface area contributed by atoms with Gasteiger partial charge in [0.15, 0.2) is 0 Å². The highest BCUT2D eigenvalue weighted by Crippen LogP contribution is 2.36. The molecule has 0 amide bonds. The van der Waals surface area contributed by atoms with Crippen molar-refractivity contribution >= 4 is 11.3 Å². The van der Waals surface area contributed by atoms with Gasteiger partial charge in [0.05, 0.1) is 5.01 Å². The molecule has 16 heavy (non-hydrogen) atoms. The number of hydrogen-bond acceptors (Lipinski definition) is 3. The Balaban J connectivity index is 1.55. The molecule has 2 unspecified atom stereocenters. The Bertz CT molecular complexity index is 355. The average molecular weight is 236 g/mol. The van der Waals surface area contributed by atoms with Crippen molar-refractivity contribution in [1.29, 1.82) is 0 Å². The van der Waals surface area contributed by atoms with Crippen LogP contribution in [0.5, 0.6) is 0 Å². The van der Waals surface area contributed by atoms with E-state index < -0.39 is 0 Å². The van der Waals surface area contributed by atoms with Crippen LogP contribution in [-0.2, 0) is 6.54 Å². The maximum absolute atomic E-state index is 4.59. The average Bonchev–Trinajstić information content (AvgIpc) is 2.82. The second-order valence-corrected chi connectivity index (χ2v) is 6.49. The van der Waals surface area contributed by atoms with Crippen molar-refractivity contribution in [2.45, 2.75) is 57.5 Å². The first kappa shape index (κ1) is 10.7. The molecule has 2 fully saturated rings. The molecule has 2 atom stereocenters. The highest BCUT2D eigenvalue weighted by Gasteiger charge is 2.31. The molecule has 0 radical (unpaired) electrons. The van der Waals surface area contributed by atoms with Gasteiger partial charge >= 0.3 is 0 Å². The first-order valence-corrected chi connectivity index (χ1v) is 7.32. The predicted octanol–water partition coefficient (Wildman–Crippen LogP) is 3.30. The number of rotatable bonds is 4. The number of nitrogens with one attached hydrogen (secondary N) is 1. The lowest BCUT2D eigenvalue weighted by Crippen LogP contribution is -2.16. The SMILES string of the molecule is CC1CC1NCc1cnc(C2CCCC2)s1. The minimum atomic E-state index is 0.775. The highest BCUT2D eigenvalue weighted by atomic mass is 32.1. The third-order valence-electron chi connectivity index (χ3n) is 3.92. The van der Waals surface area contributed by atoms with Gasteiger partial charge < -0.3 is 5.32 Å². The Labute approximate surface area is 101 Å². The summed E-state index contributed by atoms with van der Waals surface area (Å²) >= 11 is 1.93. The number of nitrogens with zero attached hydrogens (tertiary/aromatic N) is 1. The van der Waals surface area contributed by atoms with E-state index in [1.807, 2.05) is 11.3 Å². The molecule has 1 aromatic rings. The van der Waals surface area contributed by atoms with Gasteiger partial charge in [0.25, 0.3) is 0 Å². The first-order valence-electron chi connectivity index (χ1n) is 6.51. The smallest absolute Gasteiger partial charge is 0.0959 e. The molecule has 2 aliphatic rings. The summed E-state index contributed by atoms with van der Waals surface area (Å²) in [6, 6.07) is 0.775. The van der Waals surface area contributed by atoms with E-state index >= 15 is 0 Å². The topological polar surface area (TPSA) is 24.9 Å². The normalized spacial score (nSPS) is 29.8. The molecule has 3 rings (SSSR count). The van der Waals surface area contributed by atoms with E-state index in [1.165, 1.54) is 42.0 Å². The molecule has 0 spiro atoms. The van der Waals surface area contributed by atoms with E-state index in [0.29, 0.717) is 0 Å². The fraction of sp³-hybridized carbons (Fsp3) is 0.769. The van der Waals surface area contributed by atoms with Crippen LogP contribution in [0.25, 0.3) is 0 Å². The summed E-state index contributed by atoms with van der Waals surface area (Å²) in [5.41, 5.74) is 0. The quantitative estimate of drug-likeness (QED) is 0.867. The Morgan fingerprint density at radius 1 is 1.44 bits per heavy atom. The lowest BCUT2D eigenvalue weighted by Gasteiger charge is -2.02. The van der Waals surface area contributed by atoms with Crippen LogP contribution < -0.4 is 5.32 Å². The lowest BCUT2D eigenvalue weighted by molar-refractivity contribution is 0.657. The zero-order chi connectivity index (χ0) is 11.0. The highest BCUT2D eigenvalue weighted by molar-refractivity contribution is 7.11. The van der Waals surface area contributed by atoms with Gasteiger partial charge in [-0.1, -0.05) is 19.8 Å². The summed E-state index contributed by atoms with van der Waals surface area (Å²) in [6.45, 7) is 3.34. The van der Waals surface area contributed by atoms with Gasteiger partial charge in [0.1, 0.15) is 0 Å². The molecule has 2 saturated carbocycles. The zero-order valence-electron chi connectivity index (χ0n) is 9.91. The molecule has 88 valence electrons. The Kier molecular flexibility index (Phi) is 2.99. The summed E-state index contributed by atoms with van der Waals surface area (Å²) in [5, 5.41) is 4.98. The van der Waals surface area contributed by atoms with E-state index in [1.54, 1.807) is 0 Å². The minimum absolute atomic E-state index is 0.775. The van der Waals surface area contributed by atoms with Gasteiger partial charge in [-0.05, 0) is 25.2 Å². The Morgan fingerprint density at radius 2 is 2.19 bits per heavy atom. The molecule has 2 nitrogen and oxygen atoms in total. The maximum atomic E-state index is 4.59. The predicted molar refractivity (Wildman–Crippen MR) is 67.7 cm³/mol. The minimum Gasteiger partial charge on any atom is -0.309 e. The summed E-state index contributed by atoms with van der Waals surface area (Å²) in [5.74, 6) is 1.67. The lowest BCUT2D eigenvalue weighted by atomic mass is 10.1. The van der Waals surface area contributed by atoms with E-state index in [0.717, 1.165) is 24.4 Å². The third kappa shape index (κ3) is 2.30. The van der Waals surface area contributed by atoms with Gasteiger partial charge in [-0.2, -0.15) is 0 Å². The summed E-state index contributed by atoms with van der Waals surface area (Å²) in [7, 11) is 0. The maximum Gasteiger partial charge on any atom is 0.0959 e. The van der Waals surface area contributed by atoms with E-state index in [4.69, 9.17) is 0 Å². The van der Waals surface area contributed by atoms with Crippen molar-refractivity contribution in [2.75, 3.05) is 0 Å². The van der Waals surface area contributed by atoms with Crippen LogP contribution in [0.1, 0.15) is 54.8 Å². The van der Waals surface area contributed by atoms with E-state index in [9.17, 15) is 0 Å². The molecule has 1 heterocycles. The summed E-state index contributed by atoms with van der Waals surface area (Å²) in [6.07, 6.45) is 8.96. The summed E-state index contributed by atoms with van der Waals surface area (Å²) < 4.78 is 0. The van der Waals surface area contributed by atoms with Crippen LogP contribution in [0, 0.1) is 5.92 Å². The van der Waals surface area contributed by atoms with Gasteiger partial charge in [-0.3, -0.25) is 0 Å². The van der Waals surface area contributed by atoms with Gasteiger partial charge in [0.2, 0.25) is 0 Å². The standard InChI is InChI=1S/C13H20N2S/c1-9-6-12(9)14-7-11-8-15-13(16-11)10-4-2-3-5-10/h8-10,12,14H,2-7H2,1H3.